The number of rotatable bonds is 6. The number of alkyl halides is 3. The molecule has 1 aromatic heterocycles. The van der Waals surface area contributed by atoms with Gasteiger partial charge < -0.3 is 9.47 Å². The van der Waals surface area contributed by atoms with Crippen molar-refractivity contribution in [3.8, 4) is 11.5 Å². The summed E-state index contributed by atoms with van der Waals surface area (Å²) in [7, 11) is -2.40. The van der Waals surface area contributed by atoms with Gasteiger partial charge in [-0.1, -0.05) is 0 Å². The molecule has 0 fully saturated rings. The highest BCUT2D eigenvalue weighted by molar-refractivity contribution is 7.92. The molecule has 0 aliphatic heterocycles. The fourth-order valence-corrected chi connectivity index (χ4v) is 3.71. The SMILES string of the molecule is Cc1nn(C)c(C)c1N(C(=O)C(C)Oc1ccc(OC(F)(F)F)cc1)S(C)(=O)=O. The van der Waals surface area contributed by atoms with E-state index in [-0.39, 0.29) is 11.4 Å². The summed E-state index contributed by atoms with van der Waals surface area (Å²) in [6, 6.07) is 4.39. The molecule has 2 aromatic rings. The van der Waals surface area contributed by atoms with Crippen LogP contribution in [0.4, 0.5) is 18.9 Å². The van der Waals surface area contributed by atoms with Crippen LogP contribution in [0.3, 0.4) is 0 Å². The topological polar surface area (TPSA) is 90.7 Å². The van der Waals surface area contributed by atoms with Crippen molar-refractivity contribution in [1.29, 1.82) is 0 Å². The number of carbonyl (C=O) groups is 1. The second-order valence-electron chi connectivity index (χ2n) is 6.29. The Morgan fingerprint density at radius 3 is 2.10 bits per heavy atom. The Morgan fingerprint density at radius 2 is 1.69 bits per heavy atom. The highest BCUT2D eigenvalue weighted by atomic mass is 32.2. The fourth-order valence-electron chi connectivity index (χ4n) is 2.64. The van der Waals surface area contributed by atoms with E-state index in [2.05, 4.69) is 9.84 Å². The summed E-state index contributed by atoms with van der Waals surface area (Å²) in [5.41, 5.74) is 0.927. The summed E-state index contributed by atoms with van der Waals surface area (Å²) in [6.07, 6.45) is -5.20. The molecule has 0 saturated carbocycles. The Bertz CT molecular complexity index is 1000. The lowest BCUT2D eigenvalue weighted by molar-refractivity contribution is -0.274. The minimum absolute atomic E-state index is 0.0634. The van der Waals surface area contributed by atoms with Gasteiger partial charge in [0.25, 0.3) is 5.91 Å². The normalized spacial score (nSPS) is 13.1. The van der Waals surface area contributed by atoms with Crippen LogP contribution in [0.15, 0.2) is 24.3 Å². The first kappa shape index (κ1) is 22.5. The van der Waals surface area contributed by atoms with E-state index in [1.807, 2.05) is 0 Å². The number of benzene rings is 1. The van der Waals surface area contributed by atoms with Crippen molar-refractivity contribution in [2.75, 3.05) is 10.6 Å². The first-order chi connectivity index (χ1) is 13.2. The van der Waals surface area contributed by atoms with Crippen LogP contribution in [0.1, 0.15) is 18.3 Å². The van der Waals surface area contributed by atoms with Gasteiger partial charge in [-0.05, 0) is 45.0 Å². The Balaban J connectivity index is 2.26. The molecule has 160 valence electrons. The second kappa shape index (κ2) is 7.93. The molecule has 0 saturated heterocycles. The van der Waals surface area contributed by atoms with E-state index in [1.165, 1.54) is 23.7 Å². The molecule has 0 aliphatic carbocycles. The number of hydrogen-bond acceptors (Lipinski definition) is 6. The van der Waals surface area contributed by atoms with E-state index in [0.29, 0.717) is 15.7 Å². The summed E-state index contributed by atoms with van der Waals surface area (Å²) in [5, 5.41) is 4.12. The third-order valence-electron chi connectivity index (χ3n) is 3.92. The predicted molar refractivity (Wildman–Crippen MR) is 98.2 cm³/mol. The fraction of sp³-hybridized carbons (Fsp3) is 0.412. The van der Waals surface area contributed by atoms with Crippen LogP contribution in [0.2, 0.25) is 0 Å². The van der Waals surface area contributed by atoms with Gasteiger partial charge in [0.05, 0.1) is 17.6 Å². The van der Waals surface area contributed by atoms with Crippen LogP contribution in [0.5, 0.6) is 11.5 Å². The van der Waals surface area contributed by atoms with E-state index >= 15 is 0 Å². The second-order valence-corrected chi connectivity index (χ2v) is 8.12. The largest absolute Gasteiger partial charge is 0.573 e. The van der Waals surface area contributed by atoms with E-state index in [9.17, 15) is 26.4 Å². The molecule has 2 rings (SSSR count). The van der Waals surface area contributed by atoms with Crippen LogP contribution in [-0.4, -0.2) is 42.8 Å². The summed E-state index contributed by atoms with van der Waals surface area (Å²) >= 11 is 0. The van der Waals surface area contributed by atoms with Gasteiger partial charge in [-0.2, -0.15) is 5.10 Å². The number of amides is 1. The quantitative estimate of drug-likeness (QED) is 0.693. The molecule has 1 aromatic carbocycles. The lowest BCUT2D eigenvalue weighted by atomic mass is 10.2. The Kier molecular flexibility index (Phi) is 6.16. The van der Waals surface area contributed by atoms with Crippen LogP contribution < -0.4 is 13.8 Å². The molecule has 12 heteroatoms. The average molecular weight is 435 g/mol. The zero-order chi connectivity index (χ0) is 22.1. The molecule has 1 heterocycles. The molecule has 0 bridgehead atoms. The summed E-state index contributed by atoms with van der Waals surface area (Å²) in [6.45, 7) is 4.52. The van der Waals surface area contributed by atoms with Crippen molar-refractivity contribution in [3.63, 3.8) is 0 Å². The first-order valence-corrected chi connectivity index (χ1v) is 10.1. The standard InChI is InChI=1S/C17H20F3N3O5S/c1-10-15(11(2)22(4)21-10)23(29(5,25)26)16(24)12(3)27-13-6-8-14(9-7-13)28-17(18,19)20/h6-9,12H,1-5H3. The van der Waals surface area contributed by atoms with E-state index in [0.717, 1.165) is 18.4 Å². The number of hydrogen-bond donors (Lipinski definition) is 0. The zero-order valence-corrected chi connectivity index (χ0v) is 17.1. The molecule has 0 radical (unpaired) electrons. The molecule has 0 spiro atoms. The van der Waals surface area contributed by atoms with Crippen LogP contribution in [-0.2, 0) is 21.9 Å². The Labute approximate surface area is 165 Å². The molecule has 0 aliphatic rings. The lowest BCUT2D eigenvalue weighted by Gasteiger charge is -2.24. The molecule has 1 unspecified atom stereocenters. The zero-order valence-electron chi connectivity index (χ0n) is 16.3. The molecular formula is C17H20F3N3O5S. The molecule has 1 atom stereocenters. The highest BCUT2D eigenvalue weighted by Crippen LogP contribution is 2.28. The number of aryl methyl sites for hydroxylation is 2. The number of aromatic nitrogens is 2. The number of nitrogens with zero attached hydrogens (tertiary/aromatic N) is 3. The minimum Gasteiger partial charge on any atom is -0.481 e. The maximum atomic E-state index is 12.9. The molecule has 0 N–H and O–H groups in total. The van der Waals surface area contributed by atoms with Crippen LogP contribution >= 0.6 is 0 Å². The third-order valence-corrected chi connectivity index (χ3v) is 4.95. The van der Waals surface area contributed by atoms with Crippen molar-refractivity contribution in [1.82, 2.24) is 9.78 Å². The van der Waals surface area contributed by atoms with Gasteiger partial charge in [-0.3, -0.25) is 9.48 Å². The molecular weight excluding hydrogens is 415 g/mol. The Morgan fingerprint density at radius 1 is 1.17 bits per heavy atom. The van der Waals surface area contributed by atoms with E-state index in [4.69, 9.17) is 4.74 Å². The van der Waals surface area contributed by atoms with Crippen molar-refractivity contribution in [3.05, 3.63) is 35.7 Å². The average Bonchev–Trinajstić information content (AvgIpc) is 2.80. The van der Waals surface area contributed by atoms with Gasteiger partial charge in [0, 0.05) is 7.05 Å². The van der Waals surface area contributed by atoms with E-state index in [1.54, 1.807) is 20.9 Å². The van der Waals surface area contributed by atoms with E-state index < -0.39 is 34.1 Å². The number of ether oxygens (including phenoxy) is 2. The maximum Gasteiger partial charge on any atom is 0.573 e. The van der Waals surface area contributed by atoms with Gasteiger partial charge in [-0.25, -0.2) is 12.7 Å². The molecule has 29 heavy (non-hydrogen) atoms. The number of sulfonamides is 1. The van der Waals surface area contributed by atoms with Gasteiger partial charge in [0.2, 0.25) is 10.0 Å². The number of anilines is 1. The van der Waals surface area contributed by atoms with Crippen LogP contribution in [0, 0.1) is 13.8 Å². The van der Waals surface area contributed by atoms with Gasteiger partial charge in [0.1, 0.15) is 17.2 Å². The third kappa shape index (κ3) is 5.40. The summed E-state index contributed by atoms with van der Waals surface area (Å²) in [5.74, 6) is -1.26. The van der Waals surface area contributed by atoms with Crippen molar-refractivity contribution in [2.24, 2.45) is 7.05 Å². The van der Waals surface area contributed by atoms with Crippen molar-refractivity contribution in [2.45, 2.75) is 33.2 Å². The smallest absolute Gasteiger partial charge is 0.481 e. The van der Waals surface area contributed by atoms with Crippen molar-refractivity contribution >= 4 is 21.6 Å². The monoisotopic (exact) mass is 435 g/mol. The van der Waals surface area contributed by atoms with Crippen molar-refractivity contribution < 1.29 is 35.9 Å². The summed E-state index contributed by atoms with van der Waals surface area (Å²) in [4.78, 5) is 12.9. The maximum absolute atomic E-state index is 12.9. The van der Waals surface area contributed by atoms with Gasteiger partial charge in [0.15, 0.2) is 6.10 Å². The Hall–Kier alpha value is -2.76. The molecule has 8 nitrogen and oxygen atoms in total. The number of carbonyl (C=O) groups excluding carboxylic acids is 1. The highest BCUT2D eigenvalue weighted by Gasteiger charge is 2.35. The van der Waals surface area contributed by atoms with Crippen LogP contribution in [0.25, 0.3) is 0 Å². The molecule has 1 amide bonds. The summed E-state index contributed by atoms with van der Waals surface area (Å²) < 4.78 is 72.5. The van der Waals surface area contributed by atoms with Gasteiger partial charge >= 0.3 is 6.36 Å². The lowest BCUT2D eigenvalue weighted by Crippen LogP contribution is -2.44. The number of halogens is 3. The van der Waals surface area contributed by atoms with Gasteiger partial charge in [-0.15, -0.1) is 13.2 Å². The first-order valence-electron chi connectivity index (χ1n) is 8.27. The predicted octanol–water partition coefficient (Wildman–Crippen LogP) is 2.70. The minimum atomic E-state index is -4.83.